The first-order valence-electron chi connectivity index (χ1n) is 12.2. The molecule has 4 aliphatic rings. The van der Waals surface area contributed by atoms with Crippen LogP contribution >= 0.6 is 0 Å². The third-order valence-electron chi connectivity index (χ3n) is 9.36. The Hall–Kier alpha value is -1.49. The molecule has 6 atom stereocenters. The van der Waals surface area contributed by atoms with Gasteiger partial charge >= 0.3 is 5.97 Å². The zero-order valence-corrected chi connectivity index (χ0v) is 20.4. The molecule has 31 heavy (non-hydrogen) atoms. The standard InChI is InChI=1S/C26H41N2O3/c1-17(27-31-24(30)16-28(4,5)6)21-9-10-22-20-8-7-18-15-19(29)11-13-25(18,2)23(20)12-14-26(21,22)3/h15,20-23H,7-14,16H2,1-6H3/q+1/t20-,21+,22-,23-,25-,26+/m0/s1. The minimum absolute atomic E-state index is 0.222. The molecule has 5 nitrogen and oxygen atoms in total. The smallest absolute Gasteiger partial charge is 0.322 e. The Morgan fingerprint density at radius 3 is 2.55 bits per heavy atom. The Morgan fingerprint density at radius 1 is 1.10 bits per heavy atom. The lowest BCUT2D eigenvalue weighted by Crippen LogP contribution is -2.51. The van der Waals surface area contributed by atoms with Crippen molar-refractivity contribution in [1.29, 1.82) is 0 Å². The molecule has 0 saturated heterocycles. The largest absolute Gasteiger partial charge is 0.388 e. The van der Waals surface area contributed by atoms with Gasteiger partial charge in [-0.15, -0.1) is 0 Å². The van der Waals surface area contributed by atoms with Crippen molar-refractivity contribution in [2.45, 2.75) is 72.1 Å². The summed E-state index contributed by atoms with van der Waals surface area (Å²) >= 11 is 0. The number of rotatable bonds is 4. The lowest BCUT2D eigenvalue weighted by Gasteiger charge is -2.58. The Labute approximate surface area is 187 Å². The zero-order chi connectivity index (χ0) is 22.6. The maximum absolute atomic E-state index is 12.1. The second-order valence-electron chi connectivity index (χ2n) is 12.3. The van der Waals surface area contributed by atoms with Crippen molar-refractivity contribution >= 4 is 17.5 Å². The van der Waals surface area contributed by atoms with E-state index in [1.165, 1.54) is 31.3 Å². The summed E-state index contributed by atoms with van der Waals surface area (Å²) in [4.78, 5) is 29.5. The van der Waals surface area contributed by atoms with E-state index in [4.69, 9.17) is 4.84 Å². The summed E-state index contributed by atoms with van der Waals surface area (Å²) in [6, 6.07) is 0. The van der Waals surface area contributed by atoms with Crippen molar-refractivity contribution in [3.63, 3.8) is 0 Å². The number of nitrogens with zero attached hydrogens (tertiary/aromatic N) is 2. The highest BCUT2D eigenvalue weighted by atomic mass is 16.7. The molecular weight excluding hydrogens is 388 g/mol. The number of carbonyl (C=O) groups is 2. The second kappa shape index (κ2) is 7.83. The van der Waals surface area contributed by atoms with Crippen LogP contribution in [0.25, 0.3) is 0 Å². The SMILES string of the molecule is CC(=NOC(=O)C[N+](C)(C)C)[C@H]1CC[C@H]2[C@@H]3CCC4=CC(=O)CC[C@]4(C)[C@H]3CC[C@]12C. The van der Waals surface area contributed by atoms with Gasteiger partial charge in [0.25, 0.3) is 0 Å². The van der Waals surface area contributed by atoms with Crippen LogP contribution in [-0.4, -0.2) is 49.6 Å². The molecule has 0 aliphatic heterocycles. The fourth-order valence-electron chi connectivity index (χ4n) is 7.85. The number of ketones is 1. The Bertz CT molecular complexity index is 823. The summed E-state index contributed by atoms with van der Waals surface area (Å²) in [6.07, 6.45) is 10.9. The van der Waals surface area contributed by atoms with Crippen LogP contribution in [0.1, 0.15) is 72.1 Å². The van der Waals surface area contributed by atoms with Gasteiger partial charge in [0, 0.05) is 12.3 Å². The topological polar surface area (TPSA) is 55.7 Å². The molecule has 0 aromatic heterocycles. The van der Waals surface area contributed by atoms with Crippen LogP contribution in [0.4, 0.5) is 0 Å². The maximum Gasteiger partial charge on any atom is 0.388 e. The van der Waals surface area contributed by atoms with Gasteiger partial charge in [-0.3, -0.25) is 4.79 Å². The summed E-state index contributed by atoms with van der Waals surface area (Å²) in [6.45, 7) is 7.29. The van der Waals surface area contributed by atoms with E-state index in [1.807, 2.05) is 27.2 Å². The molecule has 0 radical (unpaired) electrons. The van der Waals surface area contributed by atoms with Crippen LogP contribution in [0.2, 0.25) is 0 Å². The van der Waals surface area contributed by atoms with E-state index in [9.17, 15) is 9.59 Å². The lowest BCUT2D eigenvalue weighted by atomic mass is 9.46. The predicted octanol–water partition coefficient (Wildman–Crippen LogP) is 4.76. The molecule has 0 unspecified atom stereocenters. The molecule has 0 aromatic carbocycles. The van der Waals surface area contributed by atoms with Gasteiger partial charge in [-0.05, 0) is 86.5 Å². The average Bonchev–Trinajstić information content (AvgIpc) is 3.02. The molecule has 172 valence electrons. The van der Waals surface area contributed by atoms with E-state index in [1.54, 1.807) is 0 Å². The molecule has 5 heteroatoms. The third-order valence-corrected chi connectivity index (χ3v) is 9.36. The first-order valence-corrected chi connectivity index (χ1v) is 12.2. The summed E-state index contributed by atoms with van der Waals surface area (Å²) < 4.78 is 0.542. The van der Waals surface area contributed by atoms with Gasteiger partial charge in [0.05, 0.1) is 26.9 Å². The zero-order valence-electron chi connectivity index (χ0n) is 20.4. The molecule has 3 saturated carbocycles. The Balaban J connectivity index is 1.50. The monoisotopic (exact) mass is 429 g/mol. The van der Waals surface area contributed by atoms with Crippen LogP contribution in [0.3, 0.4) is 0 Å². The molecular formula is C26H41N2O3+. The number of carbonyl (C=O) groups excluding carboxylic acids is 2. The van der Waals surface area contributed by atoms with Gasteiger partial charge in [0.1, 0.15) is 0 Å². The van der Waals surface area contributed by atoms with Gasteiger partial charge in [-0.1, -0.05) is 24.6 Å². The van der Waals surface area contributed by atoms with E-state index in [-0.39, 0.29) is 16.8 Å². The number of oxime groups is 1. The van der Waals surface area contributed by atoms with E-state index in [0.717, 1.165) is 37.3 Å². The van der Waals surface area contributed by atoms with Gasteiger partial charge < -0.3 is 9.32 Å². The molecule has 0 spiro atoms. The van der Waals surface area contributed by atoms with E-state index >= 15 is 0 Å². The number of hydrogen-bond donors (Lipinski definition) is 0. The van der Waals surface area contributed by atoms with Crippen molar-refractivity contribution in [3.8, 4) is 0 Å². The number of allylic oxidation sites excluding steroid dienone is 1. The van der Waals surface area contributed by atoms with Crippen LogP contribution in [0.5, 0.6) is 0 Å². The van der Waals surface area contributed by atoms with Crippen molar-refractivity contribution in [3.05, 3.63) is 11.6 Å². The van der Waals surface area contributed by atoms with Crippen LogP contribution in [0, 0.1) is 34.5 Å². The molecule has 0 N–H and O–H groups in total. The van der Waals surface area contributed by atoms with E-state index in [0.29, 0.717) is 34.6 Å². The maximum atomic E-state index is 12.1. The predicted molar refractivity (Wildman–Crippen MR) is 122 cm³/mol. The fourth-order valence-corrected chi connectivity index (χ4v) is 7.85. The quantitative estimate of drug-likeness (QED) is 0.280. The molecule has 0 amide bonds. The molecule has 0 aromatic rings. The van der Waals surface area contributed by atoms with Gasteiger partial charge in [-0.2, -0.15) is 0 Å². The number of fused-ring (bicyclic) bond motifs is 5. The van der Waals surface area contributed by atoms with Crippen molar-refractivity contribution in [2.24, 2.45) is 39.7 Å². The summed E-state index contributed by atoms with van der Waals surface area (Å²) in [5.41, 5.74) is 2.89. The molecule has 0 bridgehead atoms. The molecule has 4 aliphatic carbocycles. The Morgan fingerprint density at radius 2 is 1.84 bits per heavy atom. The minimum Gasteiger partial charge on any atom is -0.322 e. The second-order valence-corrected chi connectivity index (χ2v) is 12.3. The number of quaternary nitrogens is 1. The number of hydrogen-bond acceptors (Lipinski definition) is 4. The molecule has 0 heterocycles. The highest BCUT2D eigenvalue weighted by molar-refractivity contribution is 5.91. The van der Waals surface area contributed by atoms with Gasteiger partial charge in [-0.25, -0.2) is 4.79 Å². The van der Waals surface area contributed by atoms with E-state index < -0.39 is 0 Å². The molecule has 4 rings (SSSR count). The summed E-state index contributed by atoms with van der Waals surface area (Å²) in [5, 5.41) is 4.33. The Kier molecular flexibility index (Phi) is 5.73. The molecule has 3 fully saturated rings. The first-order chi connectivity index (χ1) is 14.4. The highest BCUT2D eigenvalue weighted by Gasteiger charge is 2.59. The van der Waals surface area contributed by atoms with E-state index in [2.05, 4.69) is 25.9 Å². The van der Waals surface area contributed by atoms with Gasteiger partial charge in [0.15, 0.2) is 12.3 Å². The van der Waals surface area contributed by atoms with Crippen LogP contribution < -0.4 is 0 Å². The first kappa shape index (κ1) is 22.7. The summed E-state index contributed by atoms with van der Waals surface area (Å²) in [7, 11) is 5.94. The number of likely N-dealkylation sites (N-methyl/N-ethyl adjacent to an activating group) is 1. The summed E-state index contributed by atoms with van der Waals surface area (Å²) in [5.74, 6) is 2.62. The van der Waals surface area contributed by atoms with Crippen LogP contribution in [0.15, 0.2) is 16.8 Å². The van der Waals surface area contributed by atoms with Gasteiger partial charge in [0.2, 0.25) is 0 Å². The van der Waals surface area contributed by atoms with Crippen molar-refractivity contribution < 1.29 is 18.9 Å². The van der Waals surface area contributed by atoms with Crippen molar-refractivity contribution in [1.82, 2.24) is 0 Å². The minimum atomic E-state index is -0.262. The fraction of sp³-hybridized carbons (Fsp3) is 0.808. The van der Waals surface area contributed by atoms with Crippen LogP contribution in [-0.2, 0) is 14.4 Å². The third kappa shape index (κ3) is 4.03. The normalized spacial score (nSPS) is 40.5. The van der Waals surface area contributed by atoms with Crippen molar-refractivity contribution in [2.75, 3.05) is 27.7 Å². The average molecular weight is 430 g/mol. The lowest BCUT2D eigenvalue weighted by molar-refractivity contribution is -0.862. The highest BCUT2D eigenvalue weighted by Crippen LogP contribution is 2.66.